The van der Waals surface area contributed by atoms with Gasteiger partial charge in [-0.05, 0) is 48.9 Å². The van der Waals surface area contributed by atoms with Gasteiger partial charge in [0.25, 0.3) is 0 Å². The van der Waals surface area contributed by atoms with Gasteiger partial charge in [0.05, 0.1) is 16.1 Å². The molecule has 1 atom stereocenters. The lowest BCUT2D eigenvalue weighted by atomic mass is 10.0. The van der Waals surface area contributed by atoms with Gasteiger partial charge in [-0.3, -0.25) is 0 Å². The maximum atomic E-state index is 6.40. The molecule has 0 aliphatic heterocycles. The SMILES string of the molecule is NC(c1cc2c(s1)CCCCC2)c1cccc(Cl)c1Cl. The van der Waals surface area contributed by atoms with Gasteiger partial charge in [-0.1, -0.05) is 41.8 Å². The van der Waals surface area contributed by atoms with Gasteiger partial charge in [-0.2, -0.15) is 0 Å². The summed E-state index contributed by atoms with van der Waals surface area (Å²) in [5.41, 5.74) is 8.80. The largest absolute Gasteiger partial charge is 0.320 e. The van der Waals surface area contributed by atoms with Gasteiger partial charge >= 0.3 is 0 Å². The van der Waals surface area contributed by atoms with E-state index in [-0.39, 0.29) is 6.04 Å². The molecule has 1 aromatic carbocycles. The highest BCUT2D eigenvalue weighted by atomic mass is 35.5. The molecule has 3 rings (SSSR count). The third-order valence-corrected chi connectivity index (χ3v) is 6.04. The van der Waals surface area contributed by atoms with Gasteiger partial charge in [0.2, 0.25) is 0 Å². The Balaban J connectivity index is 1.94. The smallest absolute Gasteiger partial charge is 0.0661 e. The van der Waals surface area contributed by atoms with Gasteiger partial charge in [0.15, 0.2) is 0 Å². The van der Waals surface area contributed by atoms with E-state index >= 15 is 0 Å². The fourth-order valence-electron chi connectivity index (χ4n) is 2.76. The number of benzene rings is 1. The van der Waals surface area contributed by atoms with Crippen LogP contribution in [0.15, 0.2) is 24.3 Å². The third-order valence-electron chi connectivity index (χ3n) is 3.89. The molecule has 1 aliphatic carbocycles. The molecule has 0 fully saturated rings. The second-order valence-corrected chi connectivity index (χ2v) is 7.23. The Kier molecular flexibility index (Phi) is 4.37. The van der Waals surface area contributed by atoms with Crippen molar-refractivity contribution in [3.05, 3.63) is 55.2 Å². The molecule has 106 valence electrons. The summed E-state index contributed by atoms with van der Waals surface area (Å²) < 4.78 is 0. The van der Waals surface area contributed by atoms with E-state index in [0.29, 0.717) is 10.0 Å². The van der Waals surface area contributed by atoms with Crippen LogP contribution in [0.1, 0.15) is 46.2 Å². The molecule has 1 aliphatic rings. The normalized spacial score (nSPS) is 16.6. The minimum atomic E-state index is -0.182. The second kappa shape index (κ2) is 6.07. The first-order valence-electron chi connectivity index (χ1n) is 6.98. The summed E-state index contributed by atoms with van der Waals surface area (Å²) in [4.78, 5) is 2.70. The molecular formula is C16H17Cl2NS. The first kappa shape index (κ1) is 14.4. The zero-order valence-electron chi connectivity index (χ0n) is 11.2. The topological polar surface area (TPSA) is 26.0 Å². The summed E-state index contributed by atoms with van der Waals surface area (Å²) >= 11 is 14.2. The Bertz CT molecular complexity index is 597. The minimum Gasteiger partial charge on any atom is -0.320 e. The lowest BCUT2D eigenvalue weighted by Gasteiger charge is -2.12. The van der Waals surface area contributed by atoms with Crippen LogP contribution in [-0.4, -0.2) is 0 Å². The van der Waals surface area contributed by atoms with E-state index in [1.807, 2.05) is 23.5 Å². The van der Waals surface area contributed by atoms with Crippen LogP contribution in [0.2, 0.25) is 10.0 Å². The minimum absolute atomic E-state index is 0.182. The van der Waals surface area contributed by atoms with Gasteiger partial charge in [0.1, 0.15) is 0 Å². The molecule has 0 saturated carbocycles. The fourth-order valence-corrected chi connectivity index (χ4v) is 4.46. The number of halogens is 2. The van der Waals surface area contributed by atoms with E-state index in [4.69, 9.17) is 28.9 Å². The van der Waals surface area contributed by atoms with Crippen molar-refractivity contribution in [3.63, 3.8) is 0 Å². The Morgan fingerprint density at radius 3 is 2.75 bits per heavy atom. The van der Waals surface area contributed by atoms with Gasteiger partial charge in [-0.25, -0.2) is 0 Å². The Labute approximate surface area is 133 Å². The van der Waals surface area contributed by atoms with Gasteiger partial charge < -0.3 is 5.73 Å². The molecule has 1 heterocycles. The van der Waals surface area contributed by atoms with Crippen LogP contribution in [0.5, 0.6) is 0 Å². The number of hydrogen-bond acceptors (Lipinski definition) is 2. The molecule has 1 unspecified atom stereocenters. The molecule has 0 amide bonds. The quantitative estimate of drug-likeness (QED) is 0.738. The van der Waals surface area contributed by atoms with Crippen LogP contribution < -0.4 is 5.73 Å². The molecule has 4 heteroatoms. The first-order chi connectivity index (χ1) is 9.66. The van der Waals surface area contributed by atoms with Crippen molar-refractivity contribution in [2.24, 2.45) is 5.73 Å². The summed E-state index contributed by atoms with van der Waals surface area (Å²) in [5, 5.41) is 1.14. The zero-order chi connectivity index (χ0) is 14.1. The molecule has 2 aromatic rings. The summed E-state index contributed by atoms with van der Waals surface area (Å²) in [6, 6.07) is 7.75. The summed E-state index contributed by atoms with van der Waals surface area (Å²) in [5.74, 6) is 0. The van der Waals surface area contributed by atoms with Crippen LogP contribution in [0.4, 0.5) is 0 Å². The predicted octanol–water partition coefficient (Wildman–Crippen LogP) is 5.37. The lowest BCUT2D eigenvalue weighted by molar-refractivity contribution is 0.712. The van der Waals surface area contributed by atoms with Crippen molar-refractivity contribution in [1.82, 2.24) is 0 Å². The number of fused-ring (bicyclic) bond motifs is 1. The fraction of sp³-hybridized carbons (Fsp3) is 0.375. The molecule has 0 saturated heterocycles. The van der Waals surface area contributed by atoms with Crippen molar-refractivity contribution >= 4 is 34.5 Å². The molecule has 0 radical (unpaired) electrons. The van der Waals surface area contributed by atoms with Crippen LogP contribution in [-0.2, 0) is 12.8 Å². The number of rotatable bonds is 2. The zero-order valence-corrected chi connectivity index (χ0v) is 13.5. The third kappa shape index (κ3) is 2.75. The standard InChI is InChI=1S/C16H17Cl2NS/c17-12-7-4-6-11(15(12)18)16(19)14-9-10-5-2-1-3-8-13(10)20-14/h4,6-7,9,16H,1-3,5,8,19H2. The van der Waals surface area contributed by atoms with E-state index in [1.54, 1.807) is 6.07 Å². The highest BCUT2D eigenvalue weighted by Crippen LogP contribution is 2.37. The van der Waals surface area contributed by atoms with E-state index in [1.165, 1.54) is 47.4 Å². The first-order valence-corrected chi connectivity index (χ1v) is 8.55. The number of hydrogen-bond donors (Lipinski definition) is 1. The second-order valence-electron chi connectivity index (χ2n) is 5.28. The Hall–Kier alpha value is -0.540. The monoisotopic (exact) mass is 325 g/mol. The van der Waals surface area contributed by atoms with Crippen LogP contribution >= 0.6 is 34.5 Å². The number of nitrogens with two attached hydrogens (primary N) is 1. The van der Waals surface area contributed by atoms with E-state index < -0.39 is 0 Å². The van der Waals surface area contributed by atoms with Crippen LogP contribution in [0.3, 0.4) is 0 Å². The Morgan fingerprint density at radius 2 is 1.90 bits per heavy atom. The van der Waals surface area contributed by atoms with Crippen molar-refractivity contribution in [1.29, 1.82) is 0 Å². The average molecular weight is 326 g/mol. The molecule has 2 N–H and O–H groups in total. The lowest BCUT2D eigenvalue weighted by Crippen LogP contribution is -2.10. The van der Waals surface area contributed by atoms with E-state index in [2.05, 4.69) is 6.07 Å². The molecular weight excluding hydrogens is 309 g/mol. The van der Waals surface area contributed by atoms with Crippen molar-refractivity contribution in [2.45, 2.75) is 38.1 Å². The predicted molar refractivity (Wildman–Crippen MR) is 88.1 cm³/mol. The molecule has 20 heavy (non-hydrogen) atoms. The summed E-state index contributed by atoms with van der Waals surface area (Å²) in [6.45, 7) is 0. The maximum Gasteiger partial charge on any atom is 0.0661 e. The summed E-state index contributed by atoms with van der Waals surface area (Å²) in [6.07, 6.45) is 6.29. The molecule has 0 bridgehead atoms. The van der Waals surface area contributed by atoms with E-state index in [0.717, 1.165) is 5.56 Å². The van der Waals surface area contributed by atoms with Gasteiger partial charge in [0, 0.05) is 9.75 Å². The number of thiophene rings is 1. The molecule has 0 spiro atoms. The van der Waals surface area contributed by atoms with E-state index in [9.17, 15) is 0 Å². The van der Waals surface area contributed by atoms with Crippen molar-refractivity contribution in [3.8, 4) is 0 Å². The van der Waals surface area contributed by atoms with Crippen LogP contribution in [0, 0.1) is 0 Å². The highest BCUT2D eigenvalue weighted by molar-refractivity contribution is 7.12. The van der Waals surface area contributed by atoms with Crippen LogP contribution in [0.25, 0.3) is 0 Å². The van der Waals surface area contributed by atoms with Crippen molar-refractivity contribution in [2.75, 3.05) is 0 Å². The summed E-state index contributed by atoms with van der Waals surface area (Å²) in [7, 11) is 0. The van der Waals surface area contributed by atoms with Crippen molar-refractivity contribution < 1.29 is 0 Å². The molecule has 1 nitrogen and oxygen atoms in total. The number of aryl methyl sites for hydroxylation is 2. The molecule has 1 aromatic heterocycles. The highest BCUT2D eigenvalue weighted by Gasteiger charge is 2.19. The Morgan fingerprint density at radius 1 is 1.10 bits per heavy atom. The van der Waals surface area contributed by atoms with Gasteiger partial charge in [-0.15, -0.1) is 11.3 Å². The maximum absolute atomic E-state index is 6.40. The average Bonchev–Trinajstić information content (AvgIpc) is 2.72.